The van der Waals surface area contributed by atoms with Crippen molar-refractivity contribution in [3.05, 3.63) is 65.7 Å². The monoisotopic (exact) mass is 343 g/mol. The van der Waals surface area contributed by atoms with E-state index in [0.29, 0.717) is 13.0 Å². The Balaban J connectivity index is 1.60. The number of hydrogen-bond donors (Lipinski definition) is 1. The van der Waals surface area contributed by atoms with Crippen molar-refractivity contribution in [3.8, 4) is 5.75 Å². The number of para-hydroxylation sites is 1. The number of benzene rings is 2. The van der Waals surface area contributed by atoms with Crippen molar-refractivity contribution < 1.29 is 9.53 Å². The molecule has 0 fully saturated rings. The Labute approximate surface area is 148 Å². The molecule has 0 spiro atoms. The SMILES string of the molecule is Cc1ccccc1OC[C@H](C)NC(=O)CCSCc1ccccc1. The third kappa shape index (κ3) is 6.67. The van der Waals surface area contributed by atoms with E-state index >= 15 is 0 Å². The van der Waals surface area contributed by atoms with Crippen LogP contribution in [-0.4, -0.2) is 24.3 Å². The lowest BCUT2D eigenvalue weighted by atomic mass is 10.2. The van der Waals surface area contributed by atoms with Crippen molar-refractivity contribution in [2.75, 3.05) is 12.4 Å². The highest BCUT2D eigenvalue weighted by Gasteiger charge is 2.08. The number of rotatable bonds is 9. The van der Waals surface area contributed by atoms with Crippen LogP contribution in [0.3, 0.4) is 0 Å². The number of hydrogen-bond acceptors (Lipinski definition) is 3. The molecule has 0 aromatic heterocycles. The van der Waals surface area contributed by atoms with Crippen LogP contribution in [0.4, 0.5) is 0 Å². The number of thioether (sulfide) groups is 1. The molecule has 0 unspecified atom stereocenters. The fourth-order valence-corrected chi connectivity index (χ4v) is 3.15. The smallest absolute Gasteiger partial charge is 0.221 e. The van der Waals surface area contributed by atoms with Gasteiger partial charge in [0, 0.05) is 17.9 Å². The molecule has 2 aromatic carbocycles. The minimum absolute atomic E-state index is 0.00349. The van der Waals surface area contributed by atoms with Crippen LogP contribution in [0, 0.1) is 6.92 Å². The van der Waals surface area contributed by atoms with Gasteiger partial charge in [0.1, 0.15) is 12.4 Å². The van der Waals surface area contributed by atoms with Crippen molar-refractivity contribution in [3.63, 3.8) is 0 Å². The first-order chi connectivity index (χ1) is 11.6. The van der Waals surface area contributed by atoms with Gasteiger partial charge in [-0.05, 0) is 31.0 Å². The number of carbonyl (C=O) groups is 1. The van der Waals surface area contributed by atoms with E-state index in [1.807, 2.05) is 56.3 Å². The van der Waals surface area contributed by atoms with Crippen LogP contribution in [0.15, 0.2) is 54.6 Å². The third-order valence-corrected chi connectivity index (χ3v) is 4.61. The maximum atomic E-state index is 12.0. The Kier molecular flexibility index (Phi) is 7.69. The van der Waals surface area contributed by atoms with Crippen LogP contribution in [0.5, 0.6) is 5.75 Å². The first-order valence-electron chi connectivity index (χ1n) is 8.24. The van der Waals surface area contributed by atoms with Crippen LogP contribution in [0.2, 0.25) is 0 Å². The van der Waals surface area contributed by atoms with Crippen molar-refractivity contribution in [1.82, 2.24) is 5.32 Å². The minimum atomic E-state index is -0.00349. The largest absolute Gasteiger partial charge is 0.491 e. The number of carbonyl (C=O) groups excluding carboxylic acids is 1. The van der Waals surface area contributed by atoms with Gasteiger partial charge in [0.15, 0.2) is 0 Å². The third-order valence-electron chi connectivity index (χ3n) is 3.57. The quantitative estimate of drug-likeness (QED) is 0.694. The summed E-state index contributed by atoms with van der Waals surface area (Å²) in [6.07, 6.45) is 0.534. The summed E-state index contributed by atoms with van der Waals surface area (Å²) in [5.74, 6) is 2.72. The molecule has 0 radical (unpaired) electrons. The molecule has 0 aliphatic carbocycles. The van der Waals surface area contributed by atoms with Gasteiger partial charge in [0.25, 0.3) is 0 Å². The van der Waals surface area contributed by atoms with Crippen LogP contribution in [0.1, 0.15) is 24.5 Å². The van der Waals surface area contributed by atoms with Crippen LogP contribution in [0.25, 0.3) is 0 Å². The van der Waals surface area contributed by atoms with E-state index in [9.17, 15) is 4.79 Å². The van der Waals surface area contributed by atoms with Gasteiger partial charge in [-0.1, -0.05) is 48.5 Å². The molecule has 1 amide bonds. The van der Waals surface area contributed by atoms with Gasteiger partial charge in [0.05, 0.1) is 6.04 Å². The molecule has 128 valence electrons. The molecule has 3 nitrogen and oxygen atoms in total. The Morgan fingerprint density at radius 2 is 1.83 bits per heavy atom. The summed E-state index contributed by atoms with van der Waals surface area (Å²) in [5.41, 5.74) is 2.40. The Morgan fingerprint density at radius 3 is 2.58 bits per heavy atom. The molecule has 0 bridgehead atoms. The molecule has 1 N–H and O–H groups in total. The van der Waals surface area contributed by atoms with Crippen molar-refractivity contribution in [1.29, 1.82) is 0 Å². The van der Waals surface area contributed by atoms with E-state index < -0.39 is 0 Å². The average Bonchev–Trinajstić information content (AvgIpc) is 2.59. The van der Waals surface area contributed by atoms with E-state index in [-0.39, 0.29) is 11.9 Å². The first kappa shape index (κ1) is 18.4. The molecule has 0 heterocycles. The summed E-state index contributed by atoms with van der Waals surface area (Å²) in [6.45, 7) is 4.46. The van der Waals surface area contributed by atoms with Gasteiger partial charge >= 0.3 is 0 Å². The molecular formula is C20H25NO2S. The van der Waals surface area contributed by atoms with Crippen LogP contribution in [-0.2, 0) is 10.5 Å². The zero-order valence-corrected chi connectivity index (χ0v) is 15.1. The van der Waals surface area contributed by atoms with E-state index in [2.05, 4.69) is 17.4 Å². The molecule has 4 heteroatoms. The predicted octanol–water partition coefficient (Wildman–Crippen LogP) is 4.20. The minimum Gasteiger partial charge on any atom is -0.491 e. The van der Waals surface area contributed by atoms with E-state index in [1.165, 1.54) is 5.56 Å². The van der Waals surface area contributed by atoms with E-state index in [4.69, 9.17) is 4.74 Å². The number of aryl methyl sites for hydroxylation is 1. The maximum Gasteiger partial charge on any atom is 0.221 e. The highest BCUT2D eigenvalue weighted by Crippen LogP contribution is 2.16. The number of ether oxygens (including phenoxy) is 1. The average molecular weight is 343 g/mol. The van der Waals surface area contributed by atoms with Crippen molar-refractivity contribution >= 4 is 17.7 Å². The highest BCUT2D eigenvalue weighted by molar-refractivity contribution is 7.98. The fourth-order valence-electron chi connectivity index (χ4n) is 2.25. The lowest BCUT2D eigenvalue weighted by Gasteiger charge is -2.16. The van der Waals surface area contributed by atoms with Gasteiger partial charge in [-0.2, -0.15) is 11.8 Å². The van der Waals surface area contributed by atoms with Gasteiger partial charge in [-0.25, -0.2) is 0 Å². The molecule has 1 atom stereocenters. The number of nitrogens with one attached hydrogen (secondary N) is 1. The maximum absolute atomic E-state index is 12.0. The highest BCUT2D eigenvalue weighted by atomic mass is 32.2. The standard InChI is InChI=1S/C20H25NO2S/c1-16-8-6-7-11-19(16)23-14-17(2)21-20(22)12-13-24-15-18-9-4-3-5-10-18/h3-11,17H,12-15H2,1-2H3,(H,21,22)/t17-/m0/s1. The van der Waals surface area contributed by atoms with E-state index in [1.54, 1.807) is 11.8 Å². The van der Waals surface area contributed by atoms with Gasteiger partial charge < -0.3 is 10.1 Å². The van der Waals surface area contributed by atoms with Crippen molar-refractivity contribution in [2.24, 2.45) is 0 Å². The molecule has 0 aliphatic rings. The summed E-state index contributed by atoms with van der Waals surface area (Å²) >= 11 is 1.78. The lowest BCUT2D eigenvalue weighted by Crippen LogP contribution is -2.37. The molecule has 0 saturated carbocycles. The van der Waals surface area contributed by atoms with Crippen LogP contribution >= 0.6 is 11.8 Å². The van der Waals surface area contributed by atoms with E-state index in [0.717, 1.165) is 22.8 Å². The molecule has 2 aromatic rings. The van der Waals surface area contributed by atoms with Gasteiger partial charge in [-0.3, -0.25) is 4.79 Å². The van der Waals surface area contributed by atoms with Crippen LogP contribution < -0.4 is 10.1 Å². The predicted molar refractivity (Wildman–Crippen MR) is 101 cm³/mol. The summed E-state index contributed by atoms with van der Waals surface area (Å²) in [6, 6.07) is 18.2. The second-order valence-corrected chi connectivity index (χ2v) is 6.94. The zero-order chi connectivity index (χ0) is 17.2. The number of amides is 1. The second kappa shape index (κ2) is 10.0. The zero-order valence-electron chi connectivity index (χ0n) is 14.3. The summed E-state index contributed by atoms with van der Waals surface area (Å²) < 4.78 is 5.76. The molecule has 2 rings (SSSR count). The Bertz CT molecular complexity index is 631. The molecular weight excluding hydrogens is 318 g/mol. The molecule has 0 aliphatic heterocycles. The second-order valence-electron chi connectivity index (χ2n) is 5.83. The van der Waals surface area contributed by atoms with Gasteiger partial charge in [0.2, 0.25) is 5.91 Å². The summed E-state index contributed by atoms with van der Waals surface area (Å²) in [7, 11) is 0. The lowest BCUT2D eigenvalue weighted by molar-refractivity contribution is -0.121. The topological polar surface area (TPSA) is 38.3 Å². The fraction of sp³-hybridized carbons (Fsp3) is 0.350. The summed E-state index contributed by atoms with van der Waals surface area (Å²) in [5, 5.41) is 2.99. The Hall–Kier alpha value is -1.94. The summed E-state index contributed by atoms with van der Waals surface area (Å²) in [4.78, 5) is 12.0. The molecule has 0 saturated heterocycles. The van der Waals surface area contributed by atoms with Gasteiger partial charge in [-0.15, -0.1) is 0 Å². The first-order valence-corrected chi connectivity index (χ1v) is 9.40. The Morgan fingerprint density at radius 1 is 1.12 bits per heavy atom. The normalized spacial score (nSPS) is 11.8. The van der Waals surface area contributed by atoms with Crippen molar-refractivity contribution in [2.45, 2.75) is 32.1 Å². The molecule has 24 heavy (non-hydrogen) atoms.